The van der Waals surface area contributed by atoms with E-state index >= 15 is 0 Å². The molecule has 1 aliphatic heterocycles. The summed E-state index contributed by atoms with van der Waals surface area (Å²) in [5.41, 5.74) is 0. The number of alkyl halides is 1. The van der Waals surface area contributed by atoms with Gasteiger partial charge in [-0.3, -0.25) is 4.90 Å². The first-order chi connectivity index (χ1) is 5.91. The lowest BCUT2D eigenvalue weighted by Crippen LogP contribution is -2.43. The number of rotatable bonds is 2. The second-order valence-electron chi connectivity index (χ2n) is 3.40. The summed E-state index contributed by atoms with van der Waals surface area (Å²) in [5, 5.41) is 4.76. The molecule has 2 N–H and O–H groups in total. The first-order valence-corrected chi connectivity index (χ1v) is 7.16. The number of piperidine rings is 1. The maximum atomic E-state index is 11.0. The monoisotopic (exact) mass is 318 g/mol. The predicted molar refractivity (Wildman–Crippen MR) is 61.2 cm³/mol. The van der Waals surface area contributed by atoms with Crippen LogP contribution in [0.2, 0.25) is 0 Å². The van der Waals surface area contributed by atoms with Crippen LogP contribution in [-0.2, 0) is 10.0 Å². The van der Waals surface area contributed by atoms with Crippen molar-refractivity contribution in [2.24, 2.45) is 5.14 Å². The molecule has 0 aromatic carbocycles. The summed E-state index contributed by atoms with van der Waals surface area (Å²) in [4.78, 5) is 2.27. The highest BCUT2D eigenvalue weighted by atomic mass is 127. The molecule has 0 aromatic rings. The highest BCUT2D eigenvalue weighted by Crippen LogP contribution is 2.19. The summed E-state index contributed by atoms with van der Waals surface area (Å²) in [6.07, 6.45) is 1.35. The van der Waals surface area contributed by atoms with Gasteiger partial charge >= 0.3 is 0 Å². The van der Waals surface area contributed by atoms with Gasteiger partial charge in [0.05, 0.1) is 9.30 Å². The zero-order chi connectivity index (χ0) is 10.1. The summed E-state index contributed by atoms with van der Waals surface area (Å²) in [6, 6.07) is 0. The Hall–Kier alpha value is 0.600. The van der Waals surface area contributed by atoms with E-state index in [1.807, 2.05) is 0 Å². The average Bonchev–Trinajstić information content (AvgIpc) is 2.03. The topological polar surface area (TPSA) is 63.4 Å². The SMILES string of the molecule is CC(I)N1CCC(S(N)(=O)=O)CC1. The van der Waals surface area contributed by atoms with E-state index in [1.54, 1.807) is 0 Å². The van der Waals surface area contributed by atoms with Gasteiger partial charge in [-0.2, -0.15) is 0 Å². The summed E-state index contributed by atoms with van der Waals surface area (Å²) < 4.78 is 22.5. The Kier molecular flexibility index (Phi) is 3.96. The molecule has 13 heavy (non-hydrogen) atoms. The molecule has 0 saturated carbocycles. The predicted octanol–water partition coefficient (Wildman–Crippen LogP) is 0.520. The van der Waals surface area contributed by atoms with Crippen LogP contribution in [-0.4, -0.2) is 35.7 Å². The van der Waals surface area contributed by atoms with Crippen molar-refractivity contribution in [3.05, 3.63) is 0 Å². The molecule has 0 bridgehead atoms. The van der Waals surface area contributed by atoms with E-state index in [2.05, 4.69) is 34.4 Å². The zero-order valence-corrected chi connectivity index (χ0v) is 10.6. The highest BCUT2D eigenvalue weighted by Gasteiger charge is 2.28. The maximum Gasteiger partial charge on any atom is 0.212 e. The molecule has 78 valence electrons. The smallest absolute Gasteiger partial charge is 0.212 e. The van der Waals surface area contributed by atoms with Crippen LogP contribution in [0.5, 0.6) is 0 Å². The van der Waals surface area contributed by atoms with E-state index < -0.39 is 10.0 Å². The van der Waals surface area contributed by atoms with Gasteiger partial charge in [-0.15, -0.1) is 0 Å². The molecule has 0 radical (unpaired) electrons. The van der Waals surface area contributed by atoms with Gasteiger partial charge in [-0.1, -0.05) is 22.6 Å². The first-order valence-electron chi connectivity index (χ1n) is 4.31. The number of hydrogen-bond acceptors (Lipinski definition) is 3. The summed E-state index contributed by atoms with van der Waals surface area (Å²) in [6.45, 7) is 3.79. The molecule has 1 atom stereocenters. The lowest BCUT2D eigenvalue weighted by molar-refractivity contribution is 0.231. The van der Waals surface area contributed by atoms with Gasteiger partial charge < -0.3 is 0 Å². The molecule has 1 saturated heterocycles. The minimum atomic E-state index is -3.30. The van der Waals surface area contributed by atoms with Crippen LogP contribution < -0.4 is 5.14 Å². The molecule has 1 unspecified atom stereocenters. The zero-order valence-electron chi connectivity index (χ0n) is 7.61. The van der Waals surface area contributed by atoms with Crippen LogP contribution in [0.1, 0.15) is 19.8 Å². The van der Waals surface area contributed by atoms with Crippen molar-refractivity contribution in [2.45, 2.75) is 29.1 Å². The largest absolute Gasteiger partial charge is 0.292 e. The van der Waals surface area contributed by atoms with Gasteiger partial charge in [0, 0.05) is 13.1 Å². The van der Waals surface area contributed by atoms with Gasteiger partial charge in [0.1, 0.15) is 0 Å². The molecule has 0 aliphatic carbocycles. The Morgan fingerprint density at radius 1 is 1.46 bits per heavy atom. The number of hydrogen-bond donors (Lipinski definition) is 1. The van der Waals surface area contributed by atoms with Crippen LogP contribution in [0, 0.1) is 0 Å². The van der Waals surface area contributed by atoms with Crippen LogP contribution in [0.4, 0.5) is 0 Å². The minimum absolute atomic E-state index is 0.320. The van der Waals surface area contributed by atoms with Gasteiger partial charge in [-0.25, -0.2) is 13.6 Å². The average molecular weight is 318 g/mol. The Bertz CT molecular complexity index is 258. The van der Waals surface area contributed by atoms with Gasteiger partial charge in [-0.05, 0) is 19.8 Å². The maximum absolute atomic E-state index is 11.0. The van der Waals surface area contributed by atoms with Crippen LogP contribution in [0.25, 0.3) is 0 Å². The molecule has 0 amide bonds. The number of nitrogens with zero attached hydrogens (tertiary/aromatic N) is 1. The third-order valence-corrected chi connectivity index (χ3v) is 4.63. The van der Waals surface area contributed by atoms with Crippen LogP contribution >= 0.6 is 22.6 Å². The lowest BCUT2D eigenvalue weighted by atomic mass is 10.1. The molecule has 1 rings (SSSR count). The standard InChI is InChI=1S/C7H15IN2O2S/c1-6(8)10-4-2-7(3-5-10)13(9,11)12/h6-7H,2-5H2,1H3,(H2,9,11,12). The summed E-state index contributed by atoms with van der Waals surface area (Å²) in [5.74, 6) is 0. The van der Waals surface area contributed by atoms with Crippen LogP contribution in [0.3, 0.4) is 0 Å². The Labute approximate surface area is 93.0 Å². The third-order valence-electron chi connectivity index (χ3n) is 2.44. The number of primary sulfonamides is 1. The Morgan fingerprint density at radius 2 is 1.92 bits per heavy atom. The van der Waals surface area contributed by atoms with E-state index in [0.29, 0.717) is 16.9 Å². The molecular weight excluding hydrogens is 303 g/mol. The van der Waals surface area contributed by atoms with Crippen molar-refractivity contribution >= 4 is 32.6 Å². The van der Waals surface area contributed by atoms with Crippen LogP contribution in [0.15, 0.2) is 0 Å². The molecule has 4 nitrogen and oxygen atoms in total. The molecule has 0 aromatic heterocycles. The second-order valence-corrected chi connectivity index (χ2v) is 7.05. The lowest BCUT2D eigenvalue weighted by Gasteiger charge is -2.32. The molecule has 1 fully saturated rings. The van der Waals surface area contributed by atoms with Crippen molar-refractivity contribution in [3.8, 4) is 0 Å². The van der Waals surface area contributed by atoms with E-state index in [0.717, 1.165) is 13.1 Å². The Balaban J connectivity index is 2.49. The van der Waals surface area contributed by atoms with Crippen molar-refractivity contribution in [2.75, 3.05) is 13.1 Å². The highest BCUT2D eigenvalue weighted by molar-refractivity contribution is 14.1. The third kappa shape index (κ3) is 3.34. The summed E-state index contributed by atoms with van der Waals surface area (Å²) in [7, 11) is -3.30. The molecule has 1 heterocycles. The van der Waals surface area contributed by atoms with Gasteiger partial charge in [0.25, 0.3) is 0 Å². The van der Waals surface area contributed by atoms with E-state index in [9.17, 15) is 8.42 Å². The Morgan fingerprint density at radius 3 is 2.23 bits per heavy atom. The van der Waals surface area contributed by atoms with E-state index in [4.69, 9.17) is 5.14 Å². The number of sulfonamides is 1. The van der Waals surface area contributed by atoms with Crippen molar-refractivity contribution in [1.82, 2.24) is 4.90 Å². The molecule has 0 spiro atoms. The fraction of sp³-hybridized carbons (Fsp3) is 1.00. The van der Waals surface area contributed by atoms with Gasteiger partial charge in [0.15, 0.2) is 0 Å². The van der Waals surface area contributed by atoms with Crippen molar-refractivity contribution < 1.29 is 8.42 Å². The number of nitrogens with two attached hydrogens (primary N) is 1. The molecule has 1 aliphatic rings. The quantitative estimate of drug-likeness (QED) is 0.459. The van der Waals surface area contributed by atoms with E-state index in [-0.39, 0.29) is 5.25 Å². The summed E-state index contributed by atoms with van der Waals surface area (Å²) >= 11 is 2.33. The fourth-order valence-electron chi connectivity index (χ4n) is 1.56. The number of halogens is 1. The minimum Gasteiger partial charge on any atom is -0.292 e. The van der Waals surface area contributed by atoms with Crippen molar-refractivity contribution in [3.63, 3.8) is 0 Å². The van der Waals surface area contributed by atoms with Crippen molar-refractivity contribution in [1.29, 1.82) is 0 Å². The van der Waals surface area contributed by atoms with E-state index in [1.165, 1.54) is 0 Å². The van der Waals surface area contributed by atoms with Gasteiger partial charge in [0.2, 0.25) is 10.0 Å². The molecular formula is C7H15IN2O2S. The molecule has 6 heteroatoms. The first kappa shape index (κ1) is 11.7. The second kappa shape index (κ2) is 4.41. The normalized spacial score (nSPS) is 24.5. The fourth-order valence-corrected chi connectivity index (χ4v) is 2.99. The number of likely N-dealkylation sites (tertiary alicyclic amines) is 1.